The molecule has 1 amide bonds. The predicted octanol–water partition coefficient (Wildman–Crippen LogP) is 0.217. The summed E-state index contributed by atoms with van der Waals surface area (Å²) in [7, 11) is 3.64. The molecule has 2 rings (SSSR count). The number of amides is 1. The van der Waals surface area contributed by atoms with Crippen LogP contribution in [0.15, 0.2) is 0 Å². The Balaban J connectivity index is 1.94. The Hall–Kier alpha value is -0.570. The monoisotopic (exact) mass is 168 g/mol. The average molecular weight is 168 g/mol. The molecule has 12 heavy (non-hydrogen) atoms. The van der Waals surface area contributed by atoms with Gasteiger partial charge >= 0.3 is 0 Å². The fourth-order valence-electron chi connectivity index (χ4n) is 1.96. The van der Waals surface area contributed by atoms with Crippen molar-refractivity contribution in [3.05, 3.63) is 0 Å². The second-order valence-electron chi connectivity index (χ2n) is 4.37. The lowest BCUT2D eigenvalue weighted by atomic mass is 10.0. The molecular weight excluding hydrogens is 152 g/mol. The Labute approximate surface area is 73.1 Å². The van der Waals surface area contributed by atoms with E-state index >= 15 is 0 Å². The SMILES string of the molecule is CN(C)C(=O)[C@@H]1CC2(CC2)CN1. The quantitative estimate of drug-likeness (QED) is 0.607. The first-order chi connectivity index (χ1) is 5.63. The zero-order chi connectivity index (χ0) is 8.77. The van der Waals surface area contributed by atoms with Gasteiger partial charge in [-0.1, -0.05) is 0 Å². The molecule has 1 saturated heterocycles. The van der Waals surface area contributed by atoms with Gasteiger partial charge < -0.3 is 10.2 Å². The summed E-state index contributed by atoms with van der Waals surface area (Å²) in [5.41, 5.74) is 0.524. The Morgan fingerprint density at radius 3 is 2.58 bits per heavy atom. The van der Waals surface area contributed by atoms with Crippen LogP contribution in [0.5, 0.6) is 0 Å². The maximum Gasteiger partial charge on any atom is 0.239 e. The average Bonchev–Trinajstić information content (AvgIpc) is 2.61. The molecule has 0 unspecified atom stereocenters. The highest BCUT2D eigenvalue weighted by molar-refractivity contribution is 5.81. The third-order valence-electron chi connectivity index (χ3n) is 3.06. The van der Waals surface area contributed by atoms with Gasteiger partial charge in [0.25, 0.3) is 0 Å². The second-order valence-corrected chi connectivity index (χ2v) is 4.37. The molecular formula is C9H16N2O. The Morgan fingerprint density at radius 1 is 1.50 bits per heavy atom. The molecule has 0 aromatic carbocycles. The highest BCUT2D eigenvalue weighted by atomic mass is 16.2. The molecule has 1 heterocycles. The summed E-state index contributed by atoms with van der Waals surface area (Å²) >= 11 is 0. The molecule has 1 N–H and O–H groups in total. The molecule has 0 bridgehead atoms. The van der Waals surface area contributed by atoms with Gasteiger partial charge in [0, 0.05) is 20.6 Å². The van der Waals surface area contributed by atoms with Crippen LogP contribution in [0.1, 0.15) is 19.3 Å². The molecule has 3 heteroatoms. The molecule has 1 saturated carbocycles. The van der Waals surface area contributed by atoms with Crippen LogP contribution in [0.25, 0.3) is 0 Å². The van der Waals surface area contributed by atoms with Crippen LogP contribution in [-0.2, 0) is 4.79 Å². The fourth-order valence-corrected chi connectivity index (χ4v) is 1.96. The van der Waals surface area contributed by atoms with E-state index in [1.54, 1.807) is 4.90 Å². The summed E-state index contributed by atoms with van der Waals surface area (Å²) in [5.74, 6) is 0.235. The van der Waals surface area contributed by atoms with Gasteiger partial charge in [-0.2, -0.15) is 0 Å². The van der Waals surface area contributed by atoms with E-state index in [-0.39, 0.29) is 11.9 Å². The largest absolute Gasteiger partial charge is 0.347 e. The van der Waals surface area contributed by atoms with E-state index in [2.05, 4.69) is 5.32 Å². The molecule has 68 valence electrons. The molecule has 1 aliphatic carbocycles. The van der Waals surface area contributed by atoms with Gasteiger partial charge in [-0.15, -0.1) is 0 Å². The summed E-state index contributed by atoms with van der Waals surface area (Å²) in [5, 5.41) is 3.30. The summed E-state index contributed by atoms with van der Waals surface area (Å²) in [4.78, 5) is 13.2. The number of nitrogens with one attached hydrogen (secondary N) is 1. The molecule has 2 fully saturated rings. The molecule has 3 nitrogen and oxygen atoms in total. The number of likely N-dealkylation sites (N-methyl/N-ethyl adjacent to an activating group) is 1. The number of rotatable bonds is 1. The van der Waals surface area contributed by atoms with Crippen molar-refractivity contribution in [3.63, 3.8) is 0 Å². The zero-order valence-corrected chi connectivity index (χ0v) is 7.76. The van der Waals surface area contributed by atoms with Gasteiger partial charge in [-0.05, 0) is 24.7 Å². The molecule has 0 aromatic heterocycles. The van der Waals surface area contributed by atoms with E-state index in [0.29, 0.717) is 5.41 Å². The number of carbonyl (C=O) groups excluding carboxylic acids is 1. The number of carbonyl (C=O) groups is 1. The lowest BCUT2D eigenvalue weighted by Crippen LogP contribution is -2.39. The van der Waals surface area contributed by atoms with Gasteiger partial charge in [0.15, 0.2) is 0 Å². The topological polar surface area (TPSA) is 32.3 Å². The molecule has 1 aliphatic heterocycles. The van der Waals surface area contributed by atoms with Crippen molar-refractivity contribution in [1.82, 2.24) is 10.2 Å². The molecule has 0 radical (unpaired) electrons. The minimum Gasteiger partial charge on any atom is -0.347 e. The Morgan fingerprint density at radius 2 is 2.17 bits per heavy atom. The molecule has 2 aliphatic rings. The summed E-state index contributed by atoms with van der Waals surface area (Å²) in [6.45, 7) is 1.05. The second kappa shape index (κ2) is 2.46. The van der Waals surface area contributed by atoms with Crippen LogP contribution in [-0.4, -0.2) is 37.5 Å². The first-order valence-corrected chi connectivity index (χ1v) is 4.58. The molecule has 1 atom stereocenters. The Bertz CT molecular complexity index is 209. The van der Waals surface area contributed by atoms with Gasteiger partial charge in [0.2, 0.25) is 5.91 Å². The number of hydrogen-bond acceptors (Lipinski definition) is 2. The third-order valence-corrected chi connectivity index (χ3v) is 3.06. The highest BCUT2D eigenvalue weighted by Crippen LogP contribution is 2.51. The van der Waals surface area contributed by atoms with Gasteiger partial charge in [-0.25, -0.2) is 0 Å². The normalized spacial score (nSPS) is 30.7. The van der Waals surface area contributed by atoms with Crippen molar-refractivity contribution < 1.29 is 4.79 Å². The summed E-state index contributed by atoms with van der Waals surface area (Å²) in [6, 6.07) is 0.0995. The minimum absolute atomic E-state index is 0.0995. The van der Waals surface area contributed by atoms with Gasteiger partial charge in [0.05, 0.1) is 6.04 Å². The van der Waals surface area contributed by atoms with E-state index in [1.807, 2.05) is 14.1 Å². The van der Waals surface area contributed by atoms with Gasteiger partial charge in [0.1, 0.15) is 0 Å². The standard InChI is InChI=1S/C9H16N2O/c1-11(2)8(12)7-5-9(3-4-9)6-10-7/h7,10H,3-6H2,1-2H3/t7-/m0/s1. The van der Waals surface area contributed by atoms with Crippen molar-refractivity contribution >= 4 is 5.91 Å². The van der Waals surface area contributed by atoms with Gasteiger partial charge in [-0.3, -0.25) is 4.79 Å². The third kappa shape index (κ3) is 1.22. The predicted molar refractivity (Wildman–Crippen MR) is 46.8 cm³/mol. The summed E-state index contributed by atoms with van der Waals surface area (Å²) < 4.78 is 0. The van der Waals surface area contributed by atoms with Crippen molar-refractivity contribution in [2.24, 2.45) is 5.41 Å². The highest BCUT2D eigenvalue weighted by Gasteiger charge is 2.50. The van der Waals surface area contributed by atoms with Crippen molar-refractivity contribution in [1.29, 1.82) is 0 Å². The van der Waals surface area contributed by atoms with Crippen LogP contribution < -0.4 is 5.32 Å². The van der Waals surface area contributed by atoms with E-state index in [4.69, 9.17) is 0 Å². The van der Waals surface area contributed by atoms with E-state index in [0.717, 1.165) is 13.0 Å². The number of nitrogens with zero attached hydrogens (tertiary/aromatic N) is 1. The zero-order valence-electron chi connectivity index (χ0n) is 7.76. The Kier molecular flexibility index (Phi) is 1.65. The first kappa shape index (κ1) is 8.05. The lowest BCUT2D eigenvalue weighted by Gasteiger charge is -2.15. The smallest absolute Gasteiger partial charge is 0.239 e. The van der Waals surface area contributed by atoms with E-state index in [1.165, 1.54) is 12.8 Å². The van der Waals surface area contributed by atoms with Crippen molar-refractivity contribution in [3.8, 4) is 0 Å². The van der Waals surface area contributed by atoms with Crippen LogP contribution in [0.3, 0.4) is 0 Å². The fraction of sp³-hybridized carbons (Fsp3) is 0.889. The molecule has 0 aromatic rings. The lowest BCUT2D eigenvalue weighted by molar-refractivity contribution is -0.130. The van der Waals surface area contributed by atoms with Crippen LogP contribution in [0.4, 0.5) is 0 Å². The van der Waals surface area contributed by atoms with Crippen LogP contribution >= 0.6 is 0 Å². The minimum atomic E-state index is 0.0995. The number of hydrogen-bond donors (Lipinski definition) is 1. The van der Waals surface area contributed by atoms with E-state index < -0.39 is 0 Å². The maximum absolute atomic E-state index is 11.5. The van der Waals surface area contributed by atoms with Crippen LogP contribution in [0.2, 0.25) is 0 Å². The first-order valence-electron chi connectivity index (χ1n) is 4.58. The molecule has 1 spiro atoms. The van der Waals surface area contributed by atoms with Crippen molar-refractivity contribution in [2.45, 2.75) is 25.3 Å². The maximum atomic E-state index is 11.5. The summed E-state index contributed by atoms with van der Waals surface area (Å²) in [6.07, 6.45) is 3.69. The van der Waals surface area contributed by atoms with Crippen molar-refractivity contribution in [2.75, 3.05) is 20.6 Å². The van der Waals surface area contributed by atoms with Crippen LogP contribution in [0, 0.1) is 5.41 Å². The van der Waals surface area contributed by atoms with E-state index in [9.17, 15) is 4.79 Å².